The largest absolute Gasteiger partial charge is 0.503 e. The van der Waals surface area contributed by atoms with Crippen LogP contribution >= 0.6 is 0 Å². The molecule has 0 unspecified atom stereocenters. The Bertz CT molecular complexity index is 796. The van der Waals surface area contributed by atoms with E-state index in [4.69, 9.17) is 17.2 Å². The molecule has 0 bridgehead atoms. The standard InChI is InChI=1S/C13H16F17N3O3Si/c1-34-37(35-2,36-13(31,32)33)4-3-5(14,15)6(16,17)7(18,19)8(20,21)9(22,23)10(24,25)11(26,27)12(28,29)30/h3-4,31-33H2,1-2H3. The van der Waals surface area contributed by atoms with Crippen LogP contribution in [0.25, 0.3) is 0 Å². The molecule has 0 atom stereocenters. The summed E-state index contributed by atoms with van der Waals surface area (Å²) in [4.78, 5) is 0. The highest BCUT2D eigenvalue weighted by Crippen LogP contribution is 2.64. The predicted molar refractivity (Wildman–Crippen MR) is 86.3 cm³/mol. The minimum absolute atomic E-state index is 0.532. The SMILES string of the molecule is CO[Si](CCC(F)(F)C(F)(F)C(F)(F)C(F)(F)C(F)(F)C(F)(F)C(F)(F)C(F)(F)F)(OC)OC(N)(N)N. The van der Waals surface area contributed by atoms with Crippen molar-refractivity contribution in [3.05, 3.63) is 0 Å². The molecular weight excluding hydrogens is 597 g/mol. The summed E-state index contributed by atoms with van der Waals surface area (Å²) in [6.45, 7) is 0. The molecular formula is C13H16F17N3O3Si. The van der Waals surface area contributed by atoms with Crippen molar-refractivity contribution in [2.24, 2.45) is 17.2 Å². The fourth-order valence-corrected chi connectivity index (χ4v) is 4.36. The van der Waals surface area contributed by atoms with Crippen molar-refractivity contribution < 1.29 is 87.9 Å². The monoisotopic (exact) mass is 613 g/mol. The van der Waals surface area contributed by atoms with Crippen molar-refractivity contribution >= 4 is 8.80 Å². The molecule has 0 heterocycles. The van der Waals surface area contributed by atoms with E-state index < -0.39 is 74.9 Å². The van der Waals surface area contributed by atoms with Crippen LogP contribution in [0.4, 0.5) is 74.6 Å². The maximum Gasteiger partial charge on any atom is 0.503 e. The van der Waals surface area contributed by atoms with Gasteiger partial charge in [-0.05, 0) is 0 Å². The number of nitrogens with two attached hydrogens (primary N) is 3. The van der Waals surface area contributed by atoms with Gasteiger partial charge in [0.25, 0.3) is 0 Å². The summed E-state index contributed by atoms with van der Waals surface area (Å²) in [6, 6.07) is -1.85. The molecule has 0 aliphatic rings. The average molecular weight is 613 g/mol. The van der Waals surface area contributed by atoms with Crippen LogP contribution in [0.3, 0.4) is 0 Å². The lowest BCUT2D eigenvalue weighted by Crippen LogP contribution is -2.74. The maximum absolute atomic E-state index is 14.0. The van der Waals surface area contributed by atoms with E-state index in [9.17, 15) is 74.6 Å². The third-order valence-corrected chi connectivity index (χ3v) is 7.26. The van der Waals surface area contributed by atoms with Crippen molar-refractivity contribution in [1.29, 1.82) is 0 Å². The van der Waals surface area contributed by atoms with Crippen LogP contribution in [0.1, 0.15) is 6.42 Å². The van der Waals surface area contributed by atoms with Gasteiger partial charge in [0.2, 0.25) is 5.97 Å². The van der Waals surface area contributed by atoms with E-state index in [1.54, 1.807) is 0 Å². The molecule has 0 aromatic carbocycles. The molecule has 0 aromatic heterocycles. The van der Waals surface area contributed by atoms with Gasteiger partial charge in [-0.2, -0.15) is 74.6 Å². The van der Waals surface area contributed by atoms with Crippen molar-refractivity contribution in [3.8, 4) is 0 Å². The fraction of sp³-hybridized carbons (Fsp3) is 1.00. The topological polar surface area (TPSA) is 106 Å². The number of hydrogen-bond acceptors (Lipinski definition) is 6. The van der Waals surface area contributed by atoms with E-state index in [0.717, 1.165) is 0 Å². The number of rotatable bonds is 13. The second-order valence-electron chi connectivity index (χ2n) is 7.20. The lowest BCUT2D eigenvalue weighted by Gasteiger charge is -2.43. The minimum Gasteiger partial charge on any atom is -0.377 e. The Hall–Kier alpha value is -1.21. The molecule has 0 amide bonds. The Kier molecular flexibility index (Phi) is 9.44. The number of halogens is 17. The van der Waals surface area contributed by atoms with Crippen LogP contribution in [-0.4, -0.2) is 76.6 Å². The van der Waals surface area contributed by atoms with Gasteiger partial charge in [-0.25, -0.2) is 0 Å². The Labute approximate surface area is 195 Å². The van der Waals surface area contributed by atoms with E-state index in [2.05, 4.69) is 13.3 Å². The van der Waals surface area contributed by atoms with Crippen LogP contribution in [0, 0.1) is 0 Å². The van der Waals surface area contributed by atoms with Crippen LogP contribution in [-0.2, 0) is 13.3 Å². The van der Waals surface area contributed by atoms with Crippen molar-refractivity contribution in [2.75, 3.05) is 14.2 Å². The van der Waals surface area contributed by atoms with Gasteiger partial charge in [0.1, 0.15) is 0 Å². The van der Waals surface area contributed by atoms with Gasteiger partial charge in [-0.1, -0.05) is 0 Å². The molecule has 0 aliphatic carbocycles. The lowest BCUT2D eigenvalue weighted by molar-refractivity contribution is -0.461. The summed E-state index contributed by atoms with van der Waals surface area (Å²) < 4.78 is 239. The second kappa shape index (κ2) is 9.76. The molecule has 0 radical (unpaired) electrons. The molecule has 0 spiro atoms. The molecule has 0 saturated heterocycles. The smallest absolute Gasteiger partial charge is 0.377 e. The summed E-state index contributed by atoms with van der Waals surface area (Å²) in [5, 5.41) is 0. The quantitative estimate of drug-likeness (QED) is 0.164. The molecule has 0 aliphatic heterocycles. The first-order valence-corrected chi connectivity index (χ1v) is 10.6. The lowest BCUT2D eigenvalue weighted by atomic mass is 9.88. The van der Waals surface area contributed by atoms with E-state index in [1.807, 2.05) is 0 Å². The normalized spacial score (nSPS) is 16.4. The third kappa shape index (κ3) is 5.73. The molecule has 37 heavy (non-hydrogen) atoms. The number of hydrogen-bond donors (Lipinski definition) is 3. The molecule has 224 valence electrons. The molecule has 0 rings (SSSR count). The summed E-state index contributed by atoms with van der Waals surface area (Å²) in [7, 11) is -3.83. The first kappa shape index (κ1) is 35.8. The first-order valence-electron chi connectivity index (χ1n) is 8.67. The molecule has 0 aromatic rings. The molecule has 0 fully saturated rings. The molecule has 0 saturated carbocycles. The maximum atomic E-state index is 14.0. The van der Waals surface area contributed by atoms with E-state index in [1.165, 1.54) is 0 Å². The second-order valence-corrected chi connectivity index (χ2v) is 10.1. The Balaban J connectivity index is 6.58. The van der Waals surface area contributed by atoms with Gasteiger partial charge in [-0.15, -0.1) is 0 Å². The summed E-state index contributed by atoms with van der Waals surface area (Å²) >= 11 is 0. The first-order chi connectivity index (χ1) is 15.8. The van der Waals surface area contributed by atoms with Gasteiger partial charge in [0.05, 0.1) is 0 Å². The summed E-state index contributed by atoms with van der Waals surface area (Å²) in [5.41, 5.74) is 14.8. The zero-order valence-electron chi connectivity index (χ0n) is 17.8. The zero-order valence-corrected chi connectivity index (χ0v) is 18.8. The van der Waals surface area contributed by atoms with Crippen LogP contribution < -0.4 is 17.2 Å². The number of alkyl halides is 17. The van der Waals surface area contributed by atoms with E-state index >= 15 is 0 Å². The highest BCUT2D eigenvalue weighted by atomic mass is 28.4. The Morgan fingerprint density at radius 2 is 0.811 bits per heavy atom. The zero-order chi connectivity index (χ0) is 30.5. The van der Waals surface area contributed by atoms with Gasteiger partial charge in [0, 0.05) is 26.7 Å². The summed E-state index contributed by atoms with van der Waals surface area (Å²) in [6.07, 6.45) is -10.7. The predicted octanol–water partition coefficient (Wildman–Crippen LogP) is 4.12. The van der Waals surface area contributed by atoms with Gasteiger partial charge >= 0.3 is 56.4 Å². The minimum atomic E-state index is -8.71. The van der Waals surface area contributed by atoms with Crippen LogP contribution in [0.15, 0.2) is 0 Å². The van der Waals surface area contributed by atoms with Gasteiger partial charge in [-0.3, -0.25) is 17.2 Å². The van der Waals surface area contributed by atoms with Crippen molar-refractivity contribution in [1.82, 2.24) is 0 Å². The molecule has 24 heteroatoms. The average Bonchev–Trinajstić information content (AvgIpc) is 2.68. The Morgan fingerprint density at radius 1 is 0.514 bits per heavy atom. The van der Waals surface area contributed by atoms with E-state index in [0.29, 0.717) is 14.2 Å². The van der Waals surface area contributed by atoms with Gasteiger partial charge < -0.3 is 13.3 Å². The van der Waals surface area contributed by atoms with Crippen molar-refractivity contribution in [3.63, 3.8) is 0 Å². The highest BCUT2D eigenvalue weighted by Gasteiger charge is 2.95. The highest BCUT2D eigenvalue weighted by molar-refractivity contribution is 6.60. The summed E-state index contributed by atoms with van der Waals surface area (Å²) in [5.74, 6) is -59.9. The Morgan fingerprint density at radius 3 is 1.08 bits per heavy atom. The third-order valence-electron chi connectivity index (χ3n) is 4.49. The van der Waals surface area contributed by atoms with Crippen molar-refractivity contribution in [2.45, 2.75) is 66.1 Å². The fourth-order valence-electron chi connectivity index (χ4n) is 2.35. The van der Waals surface area contributed by atoms with Gasteiger partial charge in [0.15, 0.2) is 0 Å². The van der Waals surface area contributed by atoms with Crippen LogP contribution in [0.2, 0.25) is 6.04 Å². The van der Waals surface area contributed by atoms with E-state index in [-0.39, 0.29) is 0 Å². The van der Waals surface area contributed by atoms with Crippen LogP contribution in [0.5, 0.6) is 0 Å². The molecule has 6 N–H and O–H groups in total. The molecule has 6 nitrogen and oxygen atoms in total.